The first kappa shape index (κ1) is 15.0. The van der Waals surface area contributed by atoms with Gasteiger partial charge in [0.1, 0.15) is 0 Å². The highest BCUT2D eigenvalue weighted by Crippen LogP contribution is 2.25. The number of rotatable bonds is 4. The summed E-state index contributed by atoms with van der Waals surface area (Å²) in [6, 6.07) is 2.19. The van der Waals surface area contributed by atoms with E-state index < -0.39 is 0 Å². The Kier molecular flexibility index (Phi) is 5.46. The molecule has 1 saturated carbocycles. The van der Waals surface area contributed by atoms with Crippen molar-refractivity contribution in [3.8, 4) is 0 Å². The van der Waals surface area contributed by atoms with Crippen molar-refractivity contribution in [2.45, 2.75) is 78.4 Å². The van der Waals surface area contributed by atoms with Gasteiger partial charge < -0.3 is 10.2 Å². The molecular weight excluding hydrogens is 208 g/mol. The first-order valence-electron chi connectivity index (χ1n) is 7.24. The second-order valence-electron chi connectivity index (χ2n) is 7.30. The molecule has 2 nitrogen and oxygen atoms in total. The molecule has 102 valence electrons. The maximum absolute atomic E-state index is 3.67. The first-order valence-corrected chi connectivity index (χ1v) is 7.24. The SMILES string of the molecule is CC(C)N[C@H]1CC[C@H](N(C)CC(C)(C)C)CC1. The van der Waals surface area contributed by atoms with Crippen molar-refractivity contribution in [3.63, 3.8) is 0 Å². The van der Waals surface area contributed by atoms with E-state index >= 15 is 0 Å². The molecule has 1 fully saturated rings. The molecule has 0 spiro atoms. The average Bonchev–Trinajstić information content (AvgIpc) is 2.15. The van der Waals surface area contributed by atoms with Crippen LogP contribution in [-0.2, 0) is 0 Å². The maximum atomic E-state index is 3.67. The largest absolute Gasteiger partial charge is 0.312 e. The summed E-state index contributed by atoms with van der Waals surface area (Å²) in [6.07, 6.45) is 5.41. The van der Waals surface area contributed by atoms with Crippen LogP contribution >= 0.6 is 0 Å². The Morgan fingerprint density at radius 3 is 2.06 bits per heavy atom. The highest BCUT2D eigenvalue weighted by Gasteiger charge is 2.26. The second kappa shape index (κ2) is 6.19. The lowest BCUT2D eigenvalue weighted by Crippen LogP contribution is -2.44. The molecule has 2 heteroatoms. The molecule has 0 aromatic heterocycles. The van der Waals surface area contributed by atoms with Crippen LogP contribution in [0.15, 0.2) is 0 Å². The van der Waals surface area contributed by atoms with Crippen molar-refractivity contribution in [1.29, 1.82) is 0 Å². The molecule has 1 aliphatic carbocycles. The molecule has 0 atom stereocenters. The molecule has 0 aromatic carbocycles. The maximum Gasteiger partial charge on any atom is 0.00935 e. The van der Waals surface area contributed by atoms with Crippen molar-refractivity contribution in [2.75, 3.05) is 13.6 Å². The Balaban J connectivity index is 2.31. The lowest BCUT2D eigenvalue weighted by Gasteiger charge is -2.38. The van der Waals surface area contributed by atoms with Crippen molar-refractivity contribution < 1.29 is 0 Å². The van der Waals surface area contributed by atoms with Crippen LogP contribution in [0.5, 0.6) is 0 Å². The molecule has 1 aliphatic rings. The molecule has 17 heavy (non-hydrogen) atoms. The molecule has 0 aliphatic heterocycles. The predicted molar refractivity (Wildman–Crippen MR) is 76.4 cm³/mol. The summed E-state index contributed by atoms with van der Waals surface area (Å²) in [5.74, 6) is 0. The summed E-state index contributed by atoms with van der Waals surface area (Å²) in [4.78, 5) is 2.57. The van der Waals surface area contributed by atoms with Crippen LogP contribution in [-0.4, -0.2) is 36.6 Å². The van der Waals surface area contributed by atoms with Gasteiger partial charge in [0.05, 0.1) is 0 Å². The molecule has 0 bridgehead atoms. The molecule has 0 unspecified atom stereocenters. The van der Waals surface area contributed by atoms with Crippen LogP contribution in [0.1, 0.15) is 60.3 Å². The zero-order valence-corrected chi connectivity index (χ0v) is 12.7. The normalized spacial score (nSPS) is 26.8. The number of hydrogen-bond donors (Lipinski definition) is 1. The van der Waals surface area contributed by atoms with Gasteiger partial charge in [-0.1, -0.05) is 34.6 Å². The van der Waals surface area contributed by atoms with Crippen LogP contribution < -0.4 is 5.32 Å². The predicted octanol–water partition coefficient (Wildman–Crippen LogP) is 3.27. The highest BCUT2D eigenvalue weighted by atomic mass is 15.1. The van der Waals surface area contributed by atoms with Gasteiger partial charge in [-0.2, -0.15) is 0 Å². The third-order valence-electron chi connectivity index (χ3n) is 3.61. The van der Waals surface area contributed by atoms with Gasteiger partial charge in [0.25, 0.3) is 0 Å². The fraction of sp³-hybridized carbons (Fsp3) is 1.00. The number of nitrogens with one attached hydrogen (secondary N) is 1. The van der Waals surface area contributed by atoms with Crippen molar-refractivity contribution >= 4 is 0 Å². The van der Waals surface area contributed by atoms with E-state index in [1.165, 1.54) is 32.2 Å². The van der Waals surface area contributed by atoms with Gasteiger partial charge in [0.2, 0.25) is 0 Å². The average molecular weight is 240 g/mol. The van der Waals surface area contributed by atoms with Crippen molar-refractivity contribution in [3.05, 3.63) is 0 Å². The number of hydrogen-bond acceptors (Lipinski definition) is 2. The Bertz CT molecular complexity index is 209. The smallest absolute Gasteiger partial charge is 0.00935 e. The van der Waals surface area contributed by atoms with Crippen LogP contribution in [0.3, 0.4) is 0 Å². The molecule has 0 amide bonds. The van der Waals surface area contributed by atoms with E-state index in [9.17, 15) is 0 Å². The van der Waals surface area contributed by atoms with Gasteiger partial charge in [-0.3, -0.25) is 0 Å². The minimum atomic E-state index is 0.418. The van der Waals surface area contributed by atoms with Gasteiger partial charge in [-0.25, -0.2) is 0 Å². The molecular formula is C15H32N2. The zero-order valence-electron chi connectivity index (χ0n) is 12.7. The summed E-state index contributed by atoms with van der Waals surface area (Å²) in [6.45, 7) is 12.7. The Hall–Kier alpha value is -0.0800. The van der Waals surface area contributed by atoms with E-state index in [-0.39, 0.29) is 0 Å². The minimum Gasteiger partial charge on any atom is -0.312 e. The monoisotopic (exact) mass is 240 g/mol. The van der Waals surface area contributed by atoms with Crippen molar-refractivity contribution in [1.82, 2.24) is 10.2 Å². The fourth-order valence-corrected chi connectivity index (χ4v) is 3.03. The lowest BCUT2D eigenvalue weighted by atomic mass is 9.88. The molecule has 0 radical (unpaired) electrons. The lowest BCUT2D eigenvalue weighted by molar-refractivity contribution is 0.130. The molecule has 0 aromatic rings. The Labute approximate surface area is 108 Å². The van der Waals surface area contributed by atoms with E-state index in [2.05, 4.69) is 51.9 Å². The molecule has 0 saturated heterocycles. The summed E-state index contributed by atoms with van der Waals surface area (Å²) in [7, 11) is 2.30. The van der Waals surface area contributed by atoms with E-state index in [0.717, 1.165) is 12.1 Å². The summed E-state index contributed by atoms with van der Waals surface area (Å²) in [5, 5.41) is 3.67. The van der Waals surface area contributed by atoms with Gasteiger partial charge in [0, 0.05) is 24.7 Å². The first-order chi connectivity index (χ1) is 7.78. The van der Waals surface area contributed by atoms with Crippen LogP contribution in [0.2, 0.25) is 0 Å². The van der Waals surface area contributed by atoms with Gasteiger partial charge >= 0.3 is 0 Å². The van der Waals surface area contributed by atoms with E-state index in [1.807, 2.05) is 0 Å². The van der Waals surface area contributed by atoms with Crippen LogP contribution in [0.25, 0.3) is 0 Å². The third-order valence-corrected chi connectivity index (χ3v) is 3.61. The zero-order chi connectivity index (χ0) is 13.1. The summed E-state index contributed by atoms with van der Waals surface area (Å²) in [5.41, 5.74) is 0.418. The molecule has 0 heterocycles. The Morgan fingerprint density at radius 1 is 1.12 bits per heavy atom. The second-order valence-corrected chi connectivity index (χ2v) is 7.30. The van der Waals surface area contributed by atoms with Gasteiger partial charge in [-0.15, -0.1) is 0 Å². The van der Waals surface area contributed by atoms with Crippen LogP contribution in [0.4, 0.5) is 0 Å². The standard InChI is InChI=1S/C15H32N2/c1-12(2)16-13-7-9-14(10-8-13)17(6)11-15(3,4)5/h12-14,16H,7-11H2,1-6H3/t13-,14-. The molecule has 1 rings (SSSR count). The quantitative estimate of drug-likeness (QED) is 0.811. The van der Waals surface area contributed by atoms with Crippen molar-refractivity contribution in [2.24, 2.45) is 5.41 Å². The van der Waals surface area contributed by atoms with Crippen LogP contribution in [0, 0.1) is 5.41 Å². The van der Waals surface area contributed by atoms with E-state index in [0.29, 0.717) is 11.5 Å². The third kappa shape index (κ3) is 5.87. The Morgan fingerprint density at radius 2 is 1.65 bits per heavy atom. The van der Waals surface area contributed by atoms with E-state index in [1.54, 1.807) is 0 Å². The summed E-state index contributed by atoms with van der Waals surface area (Å²) < 4.78 is 0. The van der Waals surface area contributed by atoms with Gasteiger partial charge in [0.15, 0.2) is 0 Å². The summed E-state index contributed by atoms with van der Waals surface area (Å²) >= 11 is 0. The molecule has 1 N–H and O–H groups in total. The highest BCUT2D eigenvalue weighted by molar-refractivity contribution is 4.83. The topological polar surface area (TPSA) is 15.3 Å². The fourth-order valence-electron chi connectivity index (χ4n) is 3.03. The van der Waals surface area contributed by atoms with Gasteiger partial charge in [-0.05, 0) is 38.1 Å². The van der Waals surface area contributed by atoms with E-state index in [4.69, 9.17) is 0 Å². The minimum absolute atomic E-state index is 0.418. The number of nitrogens with zero attached hydrogens (tertiary/aromatic N) is 1.